The number of pyridine rings is 1. The van der Waals surface area contributed by atoms with Gasteiger partial charge in [0.15, 0.2) is 0 Å². The van der Waals surface area contributed by atoms with Crippen molar-refractivity contribution < 1.29 is 4.79 Å². The zero-order valence-corrected chi connectivity index (χ0v) is 17.7. The van der Waals surface area contributed by atoms with Crippen LogP contribution in [0.25, 0.3) is 5.65 Å². The Morgan fingerprint density at radius 3 is 2.64 bits per heavy atom. The Balaban J connectivity index is 1.41. The summed E-state index contributed by atoms with van der Waals surface area (Å²) >= 11 is 3.49. The van der Waals surface area contributed by atoms with Gasteiger partial charge in [0.25, 0.3) is 5.91 Å². The zero-order valence-electron chi connectivity index (χ0n) is 16.1. The highest BCUT2D eigenvalue weighted by molar-refractivity contribution is 9.10. The Morgan fingerprint density at radius 1 is 1.18 bits per heavy atom. The largest absolute Gasteiger partial charge is 0.348 e. The van der Waals surface area contributed by atoms with Gasteiger partial charge in [0.2, 0.25) is 0 Å². The Bertz CT molecular complexity index is 961. The molecule has 1 aromatic carbocycles. The van der Waals surface area contributed by atoms with Gasteiger partial charge in [0.1, 0.15) is 11.3 Å². The van der Waals surface area contributed by atoms with Crippen molar-refractivity contribution >= 4 is 27.5 Å². The first-order valence-electron chi connectivity index (χ1n) is 9.87. The van der Waals surface area contributed by atoms with Crippen molar-refractivity contribution in [2.45, 2.75) is 38.8 Å². The van der Waals surface area contributed by atoms with Crippen LogP contribution >= 0.6 is 15.9 Å². The van der Waals surface area contributed by atoms with Gasteiger partial charge >= 0.3 is 0 Å². The number of halogens is 1. The lowest BCUT2D eigenvalue weighted by atomic mass is 10.0. The van der Waals surface area contributed by atoms with E-state index in [1.54, 1.807) is 0 Å². The summed E-state index contributed by atoms with van der Waals surface area (Å²) in [4.78, 5) is 20.1. The molecule has 1 N–H and O–H groups in total. The van der Waals surface area contributed by atoms with E-state index < -0.39 is 0 Å². The predicted octanol–water partition coefficient (Wildman–Crippen LogP) is 4.05. The van der Waals surface area contributed by atoms with E-state index in [2.05, 4.69) is 61.5 Å². The molecule has 4 rings (SSSR count). The minimum Gasteiger partial charge on any atom is -0.348 e. The lowest BCUT2D eigenvalue weighted by Gasteiger charge is -2.32. The molecule has 1 aliphatic rings. The van der Waals surface area contributed by atoms with Crippen molar-refractivity contribution in [3.63, 3.8) is 0 Å². The van der Waals surface area contributed by atoms with Crippen LogP contribution in [0.5, 0.6) is 0 Å². The van der Waals surface area contributed by atoms with Crippen LogP contribution in [0.4, 0.5) is 0 Å². The number of benzene rings is 1. The molecule has 1 saturated heterocycles. The summed E-state index contributed by atoms with van der Waals surface area (Å²) in [5, 5.41) is 3.25. The minimum absolute atomic E-state index is 0.0241. The molecule has 3 aromatic rings. The van der Waals surface area contributed by atoms with E-state index in [4.69, 9.17) is 0 Å². The van der Waals surface area contributed by atoms with E-state index in [9.17, 15) is 4.79 Å². The molecular weight excluding hydrogens is 416 g/mol. The van der Waals surface area contributed by atoms with Crippen molar-refractivity contribution in [1.29, 1.82) is 0 Å². The first-order valence-corrected chi connectivity index (χ1v) is 10.7. The van der Waals surface area contributed by atoms with Gasteiger partial charge in [-0.3, -0.25) is 14.1 Å². The van der Waals surface area contributed by atoms with Crippen LogP contribution in [0, 0.1) is 0 Å². The summed E-state index contributed by atoms with van der Waals surface area (Å²) in [5.74, 6) is -0.0241. The Labute approximate surface area is 173 Å². The molecule has 0 spiro atoms. The highest BCUT2D eigenvalue weighted by Gasteiger charge is 2.24. The molecule has 1 amide bonds. The van der Waals surface area contributed by atoms with Crippen molar-refractivity contribution in [3.05, 3.63) is 70.1 Å². The molecule has 0 radical (unpaired) electrons. The average molecular weight is 441 g/mol. The van der Waals surface area contributed by atoms with Gasteiger partial charge in [-0.2, -0.15) is 0 Å². The van der Waals surface area contributed by atoms with E-state index in [0.717, 1.165) is 54.7 Å². The Hall–Kier alpha value is -2.18. The molecule has 0 aliphatic carbocycles. The van der Waals surface area contributed by atoms with Crippen LogP contribution in [0.3, 0.4) is 0 Å². The molecule has 0 saturated carbocycles. The lowest BCUT2D eigenvalue weighted by Crippen LogP contribution is -2.44. The van der Waals surface area contributed by atoms with E-state index >= 15 is 0 Å². The highest BCUT2D eigenvalue weighted by atomic mass is 79.9. The van der Waals surface area contributed by atoms with Gasteiger partial charge in [0.05, 0.1) is 5.69 Å². The van der Waals surface area contributed by atoms with Crippen LogP contribution in [-0.2, 0) is 13.0 Å². The van der Waals surface area contributed by atoms with Crippen LogP contribution in [0.2, 0.25) is 0 Å². The summed E-state index contributed by atoms with van der Waals surface area (Å²) in [5.41, 5.74) is 3.65. The Kier molecular flexibility index (Phi) is 5.78. The number of hydrogen-bond acceptors (Lipinski definition) is 3. The minimum atomic E-state index is -0.0241. The number of aromatic nitrogens is 2. The molecule has 1 aliphatic heterocycles. The standard InChI is InChI=1S/C22H25BrN4O/c1-2-19-21(27-15-17(23)8-9-20(27)25-19)22(28)24-18-10-12-26(13-11-18)14-16-6-4-3-5-7-16/h3-9,15,18H,2,10-14H2,1H3,(H,24,28). The van der Waals surface area contributed by atoms with Gasteiger partial charge in [-0.15, -0.1) is 0 Å². The lowest BCUT2D eigenvalue weighted by molar-refractivity contribution is 0.0902. The quantitative estimate of drug-likeness (QED) is 0.650. The number of nitrogens with zero attached hydrogens (tertiary/aromatic N) is 3. The number of hydrogen-bond donors (Lipinski definition) is 1. The van der Waals surface area contributed by atoms with Crippen molar-refractivity contribution in [3.8, 4) is 0 Å². The zero-order chi connectivity index (χ0) is 19.5. The number of fused-ring (bicyclic) bond motifs is 1. The number of likely N-dealkylation sites (tertiary alicyclic amines) is 1. The van der Waals surface area contributed by atoms with Gasteiger partial charge in [-0.1, -0.05) is 37.3 Å². The second-order valence-corrected chi connectivity index (χ2v) is 8.26. The maximum Gasteiger partial charge on any atom is 0.270 e. The number of carbonyl (C=O) groups excluding carboxylic acids is 1. The van der Waals surface area contributed by atoms with Gasteiger partial charge in [-0.05, 0) is 52.9 Å². The van der Waals surface area contributed by atoms with Crippen molar-refractivity contribution in [2.75, 3.05) is 13.1 Å². The molecule has 1 fully saturated rings. The molecule has 0 unspecified atom stereocenters. The Morgan fingerprint density at radius 2 is 1.93 bits per heavy atom. The number of rotatable bonds is 5. The predicted molar refractivity (Wildman–Crippen MR) is 114 cm³/mol. The molecule has 0 atom stereocenters. The summed E-state index contributed by atoms with van der Waals surface area (Å²) in [7, 11) is 0. The van der Waals surface area contributed by atoms with E-state index in [1.165, 1.54) is 5.56 Å². The van der Waals surface area contributed by atoms with Crippen LogP contribution in [-0.4, -0.2) is 39.3 Å². The second kappa shape index (κ2) is 8.45. The number of nitrogens with one attached hydrogen (secondary N) is 1. The number of aryl methyl sites for hydroxylation is 1. The summed E-state index contributed by atoms with van der Waals surface area (Å²) in [6.07, 6.45) is 4.59. The highest BCUT2D eigenvalue weighted by Crippen LogP contribution is 2.19. The van der Waals surface area contributed by atoms with Crippen molar-refractivity contribution in [1.82, 2.24) is 19.6 Å². The fourth-order valence-electron chi connectivity index (χ4n) is 3.89. The molecule has 0 bridgehead atoms. The summed E-state index contributed by atoms with van der Waals surface area (Å²) < 4.78 is 2.83. The van der Waals surface area contributed by atoms with Crippen LogP contribution < -0.4 is 5.32 Å². The van der Waals surface area contributed by atoms with Gasteiger partial charge < -0.3 is 5.32 Å². The van der Waals surface area contributed by atoms with Crippen molar-refractivity contribution in [2.24, 2.45) is 0 Å². The molecule has 6 heteroatoms. The van der Waals surface area contributed by atoms with E-state index in [-0.39, 0.29) is 11.9 Å². The molecule has 146 valence electrons. The third kappa shape index (κ3) is 4.13. The third-order valence-electron chi connectivity index (χ3n) is 5.38. The van der Waals surface area contributed by atoms with Gasteiger partial charge in [-0.25, -0.2) is 4.98 Å². The summed E-state index contributed by atoms with van der Waals surface area (Å²) in [6.45, 7) is 5.01. The maximum absolute atomic E-state index is 13.1. The number of carbonyl (C=O) groups is 1. The molecular formula is C22H25BrN4O. The van der Waals surface area contributed by atoms with Gasteiger partial charge in [0, 0.05) is 36.3 Å². The first kappa shape index (κ1) is 19.2. The first-order chi connectivity index (χ1) is 13.6. The normalized spacial score (nSPS) is 15.8. The average Bonchev–Trinajstić information content (AvgIpc) is 3.08. The fraction of sp³-hybridized carbons (Fsp3) is 0.364. The smallest absolute Gasteiger partial charge is 0.270 e. The topological polar surface area (TPSA) is 49.6 Å². The third-order valence-corrected chi connectivity index (χ3v) is 5.85. The maximum atomic E-state index is 13.1. The fourth-order valence-corrected chi connectivity index (χ4v) is 4.22. The molecule has 28 heavy (non-hydrogen) atoms. The molecule has 5 nitrogen and oxygen atoms in total. The molecule has 2 aromatic heterocycles. The van der Waals surface area contributed by atoms with Crippen LogP contribution in [0.1, 0.15) is 41.5 Å². The molecule has 3 heterocycles. The number of piperidine rings is 1. The SMILES string of the molecule is CCc1nc2ccc(Br)cn2c1C(=O)NC1CCN(Cc2ccccc2)CC1. The second-order valence-electron chi connectivity index (χ2n) is 7.35. The monoisotopic (exact) mass is 440 g/mol. The summed E-state index contributed by atoms with van der Waals surface area (Å²) in [6, 6.07) is 14.7. The number of imidazole rings is 1. The number of amides is 1. The van der Waals surface area contributed by atoms with E-state index in [1.807, 2.05) is 29.7 Å². The van der Waals surface area contributed by atoms with E-state index in [0.29, 0.717) is 5.69 Å². The van der Waals surface area contributed by atoms with Crippen LogP contribution in [0.15, 0.2) is 53.1 Å².